The molecule has 4 heteroatoms. The van der Waals surface area contributed by atoms with Gasteiger partial charge in [0.05, 0.1) is 10.2 Å². The normalized spacial score (nSPS) is 17.3. The van der Waals surface area contributed by atoms with E-state index in [0.29, 0.717) is 12.5 Å². The van der Waals surface area contributed by atoms with Crippen LogP contribution in [0.1, 0.15) is 24.0 Å². The molecule has 0 amide bonds. The Morgan fingerprint density at radius 3 is 2.74 bits per heavy atom. The molecule has 1 aliphatic rings. The van der Waals surface area contributed by atoms with Crippen molar-refractivity contribution in [1.29, 1.82) is 0 Å². The summed E-state index contributed by atoms with van der Waals surface area (Å²) in [6.45, 7) is 6.65. The van der Waals surface area contributed by atoms with Gasteiger partial charge in [-0.1, -0.05) is 17.4 Å². The van der Waals surface area contributed by atoms with Crippen LogP contribution in [0.5, 0.6) is 0 Å². The number of aromatic nitrogens is 1. The van der Waals surface area contributed by atoms with E-state index in [4.69, 9.17) is 4.98 Å². The van der Waals surface area contributed by atoms with Gasteiger partial charge in [0.2, 0.25) is 0 Å². The van der Waals surface area contributed by atoms with Gasteiger partial charge in [0.25, 0.3) is 0 Å². The molecule has 3 nitrogen and oxygen atoms in total. The van der Waals surface area contributed by atoms with Gasteiger partial charge in [0.15, 0.2) is 5.13 Å². The number of nitrogens with zero attached hydrogens (tertiary/aromatic N) is 2. The number of benzene rings is 1. The number of aryl methyl sites for hydroxylation is 2. The number of piperidine rings is 1. The number of thiazole rings is 1. The van der Waals surface area contributed by atoms with E-state index in [1.165, 1.54) is 15.8 Å². The highest BCUT2D eigenvalue weighted by molar-refractivity contribution is 7.22. The average Bonchev–Trinajstić information content (AvgIpc) is 2.88. The maximum atomic E-state index is 9.20. The Kier molecular flexibility index (Phi) is 3.46. The van der Waals surface area contributed by atoms with Crippen molar-refractivity contribution in [1.82, 2.24) is 4.98 Å². The third-order valence-electron chi connectivity index (χ3n) is 4.22. The summed E-state index contributed by atoms with van der Waals surface area (Å²) in [7, 11) is 0. The number of anilines is 1. The molecule has 1 fully saturated rings. The summed E-state index contributed by atoms with van der Waals surface area (Å²) >= 11 is 1.79. The minimum Gasteiger partial charge on any atom is -0.396 e. The van der Waals surface area contributed by atoms with Crippen LogP contribution in [-0.4, -0.2) is 29.8 Å². The Hall–Kier alpha value is -1.13. The topological polar surface area (TPSA) is 36.4 Å². The minimum atomic E-state index is 0.325. The summed E-state index contributed by atoms with van der Waals surface area (Å²) in [5.74, 6) is 0.481. The lowest BCUT2D eigenvalue weighted by atomic mass is 9.98. The molecule has 0 spiro atoms. The van der Waals surface area contributed by atoms with Crippen molar-refractivity contribution in [2.75, 3.05) is 24.6 Å². The van der Waals surface area contributed by atoms with Crippen LogP contribution in [0.25, 0.3) is 10.2 Å². The highest BCUT2D eigenvalue weighted by atomic mass is 32.1. The molecule has 2 heterocycles. The lowest BCUT2D eigenvalue weighted by Gasteiger charge is -2.30. The highest BCUT2D eigenvalue weighted by Crippen LogP contribution is 2.33. The van der Waals surface area contributed by atoms with E-state index >= 15 is 0 Å². The van der Waals surface area contributed by atoms with Crippen molar-refractivity contribution in [2.24, 2.45) is 5.92 Å². The Bertz CT molecular complexity index is 585. The van der Waals surface area contributed by atoms with Crippen molar-refractivity contribution in [3.63, 3.8) is 0 Å². The summed E-state index contributed by atoms with van der Waals surface area (Å²) in [6.07, 6.45) is 2.15. The van der Waals surface area contributed by atoms with Crippen LogP contribution >= 0.6 is 11.3 Å². The number of aliphatic hydroxyl groups is 1. The van der Waals surface area contributed by atoms with Crippen LogP contribution < -0.4 is 4.90 Å². The van der Waals surface area contributed by atoms with Gasteiger partial charge in [0.1, 0.15) is 0 Å². The smallest absolute Gasteiger partial charge is 0.186 e. The van der Waals surface area contributed by atoms with Crippen molar-refractivity contribution in [3.8, 4) is 0 Å². The number of fused-ring (bicyclic) bond motifs is 1. The third kappa shape index (κ3) is 2.35. The number of hydrogen-bond donors (Lipinski definition) is 1. The molecule has 1 aliphatic heterocycles. The quantitative estimate of drug-likeness (QED) is 0.915. The largest absolute Gasteiger partial charge is 0.396 e. The van der Waals surface area contributed by atoms with E-state index in [2.05, 4.69) is 30.9 Å². The Morgan fingerprint density at radius 1 is 1.32 bits per heavy atom. The van der Waals surface area contributed by atoms with Gasteiger partial charge in [0, 0.05) is 19.7 Å². The second-order valence-corrected chi connectivity index (χ2v) is 6.47. The fourth-order valence-electron chi connectivity index (χ4n) is 2.66. The molecule has 0 saturated carbocycles. The van der Waals surface area contributed by atoms with Crippen molar-refractivity contribution >= 4 is 26.7 Å². The van der Waals surface area contributed by atoms with E-state index < -0.39 is 0 Å². The molecular weight excluding hydrogens is 256 g/mol. The van der Waals surface area contributed by atoms with Crippen LogP contribution in [0, 0.1) is 19.8 Å². The van der Waals surface area contributed by atoms with Crippen molar-refractivity contribution in [3.05, 3.63) is 23.3 Å². The first-order valence-electron chi connectivity index (χ1n) is 6.91. The summed E-state index contributed by atoms with van der Waals surface area (Å²) in [6, 6.07) is 4.36. The van der Waals surface area contributed by atoms with Gasteiger partial charge in [-0.05, 0) is 49.8 Å². The Balaban J connectivity index is 1.88. The summed E-state index contributed by atoms with van der Waals surface area (Å²) < 4.78 is 1.28. The van der Waals surface area contributed by atoms with Crippen LogP contribution in [-0.2, 0) is 0 Å². The van der Waals surface area contributed by atoms with E-state index in [-0.39, 0.29) is 0 Å². The predicted molar refractivity (Wildman–Crippen MR) is 81.1 cm³/mol. The molecule has 1 aromatic heterocycles. The van der Waals surface area contributed by atoms with Crippen LogP contribution in [0.4, 0.5) is 5.13 Å². The first-order chi connectivity index (χ1) is 9.19. The first kappa shape index (κ1) is 12.9. The molecule has 1 saturated heterocycles. The highest BCUT2D eigenvalue weighted by Gasteiger charge is 2.21. The Labute approximate surface area is 117 Å². The lowest BCUT2D eigenvalue weighted by Crippen LogP contribution is -2.34. The number of hydrogen-bond acceptors (Lipinski definition) is 4. The minimum absolute atomic E-state index is 0.325. The van der Waals surface area contributed by atoms with Gasteiger partial charge in [-0.2, -0.15) is 0 Å². The maximum absolute atomic E-state index is 9.20. The zero-order valence-electron chi connectivity index (χ0n) is 11.5. The van der Waals surface area contributed by atoms with E-state index in [1.807, 2.05) is 0 Å². The molecule has 0 radical (unpaired) electrons. The zero-order chi connectivity index (χ0) is 13.4. The third-order valence-corrected chi connectivity index (χ3v) is 5.30. The first-order valence-corrected chi connectivity index (χ1v) is 7.73. The van der Waals surface area contributed by atoms with Crippen LogP contribution in [0.2, 0.25) is 0 Å². The fourth-order valence-corrected chi connectivity index (χ4v) is 3.73. The van der Waals surface area contributed by atoms with Gasteiger partial charge in [-0.15, -0.1) is 0 Å². The summed E-state index contributed by atoms with van der Waals surface area (Å²) in [5, 5.41) is 10.3. The number of aliphatic hydroxyl groups excluding tert-OH is 1. The zero-order valence-corrected chi connectivity index (χ0v) is 12.3. The molecule has 1 N–H and O–H groups in total. The number of rotatable bonds is 2. The Morgan fingerprint density at radius 2 is 2.05 bits per heavy atom. The van der Waals surface area contributed by atoms with E-state index in [0.717, 1.165) is 36.6 Å². The van der Waals surface area contributed by atoms with Gasteiger partial charge in [-0.25, -0.2) is 4.98 Å². The molecule has 0 aliphatic carbocycles. The van der Waals surface area contributed by atoms with Gasteiger partial charge in [-0.3, -0.25) is 0 Å². The second kappa shape index (κ2) is 5.10. The van der Waals surface area contributed by atoms with Crippen molar-refractivity contribution < 1.29 is 5.11 Å². The van der Waals surface area contributed by atoms with Crippen molar-refractivity contribution in [2.45, 2.75) is 26.7 Å². The average molecular weight is 276 g/mol. The monoisotopic (exact) mass is 276 g/mol. The molecule has 19 heavy (non-hydrogen) atoms. The molecule has 0 atom stereocenters. The summed E-state index contributed by atoms with van der Waals surface area (Å²) in [5.41, 5.74) is 3.76. The SMILES string of the molecule is Cc1ccc2sc(N3CCC(CO)CC3)nc2c1C. The van der Waals surface area contributed by atoms with E-state index in [9.17, 15) is 5.11 Å². The summed E-state index contributed by atoms with van der Waals surface area (Å²) in [4.78, 5) is 7.20. The van der Waals surface area contributed by atoms with Crippen LogP contribution in [0.3, 0.4) is 0 Å². The molecule has 0 unspecified atom stereocenters. The molecular formula is C15H20N2OS. The molecule has 2 aromatic rings. The molecule has 102 valence electrons. The molecule has 1 aromatic carbocycles. The molecule has 3 rings (SSSR count). The van der Waals surface area contributed by atoms with E-state index in [1.54, 1.807) is 11.3 Å². The van der Waals surface area contributed by atoms with Gasteiger partial charge < -0.3 is 10.0 Å². The van der Waals surface area contributed by atoms with Crippen LogP contribution in [0.15, 0.2) is 12.1 Å². The van der Waals surface area contributed by atoms with Gasteiger partial charge >= 0.3 is 0 Å². The molecule has 0 bridgehead atoms. The second-order valence-electron chi connectivity index (χ2n) is 5.46. The standard InChI is InChI=1S/C15H20N2OS/c1-10-3-4-13-14(11(10)2)16-15(19-13)17-7-5-12(9-18)6-8-17/h3-4,12,18H,5-9H2,1-2H3. The lowest BCUT2D eigenvalue weighted by molar-refractivity contribution is 0.203. The predicted octanol–water partition coefficient (Wildman–Crippen LogP) is 3.12. The fraction of sp³-hybridized carbons (Fsp3) is 0.533. The maximum Gasteiger partial charge on any atom is 0.186 e.